The van der Waals surface area contributed by atoms with Crippen LogP contribution < -0.4 is 4.74 Å². The first-order chi connectivity index (χ1) is 14.7. The average Bonchev–Trinajstić information content (AvgIpc) is 2.95. The highest BCUT2D eigenvalue weighted by atomic mass is 127. The Labute approximate surface area is 203 Å². The fraction of sp³-hybridized carbons (Fsp3) is 0.227. The van der Waals surface area contributed by atoms with Gasteiger partial charge in [-0.2, -0.15) is 0 Å². The van der Waals surface area contributed by atoms with E-state index in [-0.39, 0.29) is 11.0 Å². The van der Waals surface area contributed by atoms with Crippen LogP contribution in [0.4, 0.5) is 4.79 Å². The SMILES string of the molecule is CC(C)OC(=O)CN1C(=O)S/C(=C/c2ccc(OCc3ccccc3Cl)c(I)c2)C1=O. The van der Waals surface area contributed by atoms with Crippen molar-refractivity contribution in [2.24, 2.45) is 0 Å². The lowest BCUT2D eigenvalue weighted by atomic mass is 10.2. The summed E-state index contributed by atoms with van der Waals surface area (Å²) < 4.78 is 11.7. The van der Waals surface area contributed by atoms with Gasteiger partial charge in [0.2, 0.25) is 0 Å². The molecule has 0 atom stereocenters. The van der Waals surface area contributed by atoms with Crippen molar-refractivity contribution in [2.75, 3.05) is 6.54 Å². The summed E-state index contributed by atoms with van der Waals surface area (Å²) in [6.07, 6.45) is 1.31. The largest absolute Gasteiger partial charge is 0.488 e. The molecular weight excluding hydrogens is 553 g/mol. The summed E-state index contributed by atoms with van der Waals surface area (Å²) in [6, 6.07) is 12.9. The number of benzene rings is 2. The highest BCUT2D eigenvalue weighted by Crippen LogP contribution is 2.33. The summed E-state index contributed by atoms with van der Waals surface area (Å²) in [5.74, 6) is -0.444. The molecule has 0 bridgehead atoms. The lowest BCUT2D eigenvalue weighted by molar-refractivity contribution is -0.149. The molecule has 0 unspecified atom stereocenters. The van der Waals surface area contributed by atoms with Gasteiger partial charge in [0.05, 0.1) is 14.6 Å². The van der Waals surface area contributed by atoms with Gasteiger partial charge in [-0.05, 0) is 78.0 Å². The molecule has 1 saturated heterocycles. The van der Waals surface area contributed by atoms with Gasteiger partial charge in [0, 0.05) is 10.6 Å². The molecule has 1 aliphatic rings. The molecule has 3 rings (SSSR count). The van der Waals surface area contributed by atoms with Crippen LogP contribution in [-0.4, -0.2) is 34.7 Å². The Hall–Kier alpha value is -2.04. The van der Waals surface area contributed by atoms with E-state index in [9.17, 15) is 14.4 Å². The molecule has 0 saturated carbocycles. The molecular formula is C22H19ClINO5S. The maximum absolute atomic E-state index is 12.6. The molecule has 0 aliphatic carbocycles. The van der Waals surface area contributed by atoms with Gasteiger partial charge in [-0.25, -0.2) is 0 Å². The van der Waals surface area contributed by atoms with E-state index < -0.39 is 23.7 Å². The molecule has 2 amide bonds. The minimum atomic E-state index is -0.617. The Kier molecular flexibility index (Phi) is 8.01. The summed E-state index contributed by atoms with van der Waals surface area (Å²) in [6.45, 7) is 3.34. The van der Waals surface area contributed by atoms with Crippen LogP contribution in [0.1, 0.15) is 25.0 Å². The number of rotatable bonds is 7. The summed E-state index contributed by atoms with van der Waals surface area (Å²) in [4.78, 5) is 37.7. The predicted molar refractivity (Wildman–Crippen MR) is 129 cm³/mol. The zero-order valence-electron chi connectivity index (χ0n) is 16.8. The maximum Gasteiger partial charge on any atom is 0.326 e. The molecule has 0 aromatic heterocycles. The second kappa shape index (κ2) is 10.5. The summed E-state index contributed by atoms with van der Waals surface area (Å²) in [5.41, 5.74) is 1.62. The molecule has 6 nitrogen and oxygen atoms in total. The second-order valence-electron chi connectivity index (χ2n) is 6.88. The molecule has 1 fully saturated rings. The molecule has 9 heteroatoms. The number of nitrogens with zero attached hydrogens (tertiary/aromatic N) is 1. The molecule has 0 spiro atoms. The molecule has 2 aromatic rings. The average molecular weight is 572 g/mol. The molecule has 162 valence electrons. The van der Waals surface area contributed by atoms with Crippen molar-refractivity contribution >= 4 is 69.1 Å². The van der Waals surface area contributed by atoms with Crippen molar-refractivity contribution in [3.63, 3.8) is 0 Å². The minimum Gasteiger partial charge on any atom is -0.488 e. The maximum atomic E-state index is 12.6. The smallest absolute Gasteiger partial charge is 0.326 e. The molecule has 1 aliphatic heterocycles. The van der Waals surface area contributed by atoms with E-state index in [1.54, 1.807) is 32.1 Å². The highest BCUT2D eigenvalue weighted by Gasteiger charge is 2.36. The van der Waals surface area contributed by atoms with Gasteiger partial charge in [0.25, 0.3) is 11.1 Å². The Morgan fingerprint density at radius 1 is 1.23 bits per heavy atom. The van der Waals surface area contributed by atoms with Crippen LogP contribution in [0.15, 0.2) is 47.4 Å². The predicted octanol–water partition coefficient (Wildman–Crippen LogP) is 5.51. The lowest BCUT2D eigenvalue weighted by Crippen LogP contribution is -2.35. The van der Waals surface area contributed by atoms with E-state index in [0.717, 1.165) is 31.4 Å². The Balaban J connectivity index is 1.68. The fourth-order valence-corrected chi connectivity index (χ4v) is 4.44. The van der Waals surface area contributed by atoms with Crippen molar-refractivity contribution < 1.29 is 23.9 Å². The van der Waals surface area contributed by atoms with Gasteiger partial charge in [-0.3, -0.25) is 19.3 Å². The van der Waals surface area contributed by atoms with Crippen molar-refractivity contribution in [3.05, 3.63) is 67.1 Å². The van der Waals surface area contributed by atoms with Gasteiger partial charge in [-0.1, -0.05) is 35.9 Å². The standard InChI is InChI=1S/C22H19ClINO5S/c1-13(2)30-20(26)11-25-21(27)19(31-22(25)28)10-14-7-8-18(17(24)9-14)29-12-15-5-3-4-6-16(15)23/h3-10,13H,11-12H2,1-2H3/b19-10+. The van der Waals surface area contributed by atoms with Crippen LogP contribution in [0.25, 0.3) is 6.08 Å². The zero-order valence-corrected chi connectivity index (χ0v) is 20.5. The van der Waals surface area contributed by atoms with Crippen LogP contribution >= 0.6 is 46.0 Å². The van der Waals surface area contributed by atoms with Gasteiger partial charge < -0.3 is 9.47 Å². The molecule has 0 N–H and O–H groups in total. The number of hydrogen-bond donors (Lipinski definition) is 0. The summed E-state index contributed by atoms with van der Waals surface area (Å²) in [7, 11) is 0. The number of thioether (sulfide) groups is 1. The van der Waals surface area contributed by atoms with Crippen LogP contribution in [0.3, 0.4) is 0 Å². The Morgan fingerprint density at radius 3 is 2.65 bits per heavy atom. The van der Waals surface area contributed by atoms with Gasteiger partial charge in [-0.15, -0.1) is 0 Å². The molecule has 2 aromatic carbocycles. The summed E-state index contributed by atoms with van der Waals surface area (Å²) in [5, 5.41) is 0.147. The normalized spacial score (nSPS) is 15.1. The van der Waals surface area contributed by atoms with Crippen molar-refractivity contribution in [1.82, 2.24) is 4.90 Å². The van der Waals surface area contributed by atoms with E-state index in [1.807, 2.05) is 30.3 Å². The molecule has 0 radical (unpaired) electrons. The number of imide groups is 1. The van der Waals surface area contributed by atoms with Crippen LogP contribution in [0.5, 0.6) is 5.75 Å². The topological polar surface area (TPSA) is 72.9 Å². The minimum absolute atomic E-state index is 0.253. The quantitative estimate of drug-likeness (QED) is 0.248. The van der Waals surface area contributed by atoms with Gasteiger partial charge in [0.15, 0.2) is 0 Å². The Morgan fingerprint density at radius 2 is 1.97 bits per heavy atom. The van der Waals surface area contributed by atoms with Crippen LogP contribution in [0, 0.1) is 3.57 Å². The lowest BCUT2D eigenvalue weighted by Gasteiger charge is -2.13. The number of carbonyl (C=O) groups is 3. The molecule has 1 heterocycles. The van der Waals surface area contributed by atoms with Crippen LogP contribution in [-0.2, 0) is 20.9 Å². The van der Waals surface area contributed by atoms with E-state index in [2.05, 4.69) is 22.6 Å². The second-order valence-corrected chi connectivity index (χ2v) is 9.44. The zero-order chi connectivity index (χ0) is 22.5. The van der Waals surface area contributed by atoms with Gasteiger partial charge in [0.1, 0.15) is 18.9 Å². The molecule has 31 heavy (non-hydrogen) atoms. The van der Waals surface area contributed by atoms with Crippen molar-refractivity contribution in [1.29, 1.82) is 0 Å². The van der Waals surface area contributed by atoms with E-state index in [1.165, 1.54) is 0 Å². The first-order valence-electron chi connectivity index (χ1n) is 9.35. The number of ether oxygens (including phenoxy) is 2. The number of hydrogen-bond acceptors (Lipinski definition) is 6. The number of carbonyl (C=O) groups excluding carboxylic acids is 3. The van der Waals surface area contributed by atoms with Crippen molar-refractivity contribution in [3.8, 4) is 5.75 Å². The number of esters is 1. The first-order valence-corrected chi connectivity index (χ1v) is 11.6. The van der Waals surface area contributed by atoms with Gasteiger partial charge >= 0.3 is 5.97 Å². The van der Waals surface area contributed by atoms with E-state index in [0.29, 0.717) is 17.4 Å². The highest BCUT2D eigenvalue weighted by molar-refractivity contribution is 14.1. The third-order valence-electron chi connectivity index (χ3n) is 4.12. The fourth-order valence-electron chi connectivity index (χ4n) is 2.71. The third kappa shape index (κ3) is 6.24. The first kappa shape index (κ1) is 23.6. The van der Waals surface area contributed by atoms with E-state index in [4.69, 9.17) is 21.1 Å². The van der Waals surface area contributed by atoms with E-state index >= 15 is 0 Å². The van der Waals surface area contributed by atoms with Crippen LogP contribution in [0.2, 0.25) is 5.02 Å². The number of amides is 2. The monoisotopic (exact) mass is 571 g/mol. The number of halogens is 2. The van der Waals surface area contributed by atoms with Crippen molar-refractivity contribution in [2.45, 2.75) is 26.6 Å². The third-order valence-corrected chi connectivity index (χ3v) is 6.24. The summed E-state index contributed by atoms with van der Waals surface area (Å²) >= 11 is 9.11. The Bertz CT molecular complexity index is 1060.